The van der Waals surface area contributed by atoms with Gasteiger partial charge in [-0.2, -0.15) is 0 Å². The molecule has 0 amide bonds. The Bertz CT molecular complexity index is 267. The Labute approximate surface area is 66.7 Å². The predicted octanol–water partition coefficient (Wildman–Crippen LogP) is 2.21. The molecule has 11 heavy (non-hydrogen) atoms. The largest absolute Gasteiger partial charge is 0.384 e. The van der Waals surface area contributed by atoms with Crippen LogP contribution in [0.3, 0.4) is 0 Å². The van der Waals surface area contributed by atoms with Crippen LogP contribution in [-0.2, 0) is 0 Å². The lowest BCUT2D eigenvalue weighted by Gasteiger charge is -2.31. The molecular formula is C10H12O. The Kier molecular flexibility index (Phi) is 1.30. The van der Waals surface area contributed by atoms with Crippen LogP contribution in [0.5, 0.6) is 0 Å². The molecule has 0 radical (unpaired) electrons. The molecule has 1 aromatic carbocycles. The van der Waals surface area contributed by atoms with Crippen molar-refractivity contribution in [1.29, 1.82) is 0 Å². The summed E-state index contributed by atoms with van der Waals surface area (Å²) < 4.78 is 0. The molecule has 0 aromatic heterocycles. The van der Waals surface area contributed by atoms with E-state index >= 15 is 0 Å². The molecule has 0 atom stereocenters. The summed E-state index contributed by atoms with van der Waals surface area (Å²) in [6.07, 6.45) is -0.280. The maximum Gasteiger partial charge on any atom is 0.105 e. The lowest BCUT2D eigenvalue weighted by Crippen LogP contribution is -2.18. The summed E-state index contributed by atoms with van der Waals surface area (Å²) in [6.45, 7) is 4.32. The van der Waals surface area contributed by atoms with Gasteiger partial charge in [-0.1, -0.05) is 32.0 Å². The average molecular weight is 148 g/mol. The highest BCUT2D eigenvalue weighted by Crippen LogP contribution is 2.42. The van der Waals surface area contributed by atoms with Crippen molar-refractivity contribution in [3.05, 3.63) is 34.9 Å². The first kappa shape index (κ1) is 6.86. The van der Waals surface area contributed by atoms with Gasteiger partial charge in [0.05, 0.1) is 0 Å². The first-order valence-electron chi connectivity index (χ1n) is 4.02. The van der Waals surface area contributed by atoms with Crippen LogP contribution in [-0.4, -0.2) is 5.11 Å². The van der Waals surface area contributed by atoms with Crippen LogP contribution in [0.15, 0.2) is 18.2 Å². The van der Waals surface area contributed by atoms with Crippen molar-refractivity contribution in [2.75, 3.05) is 0 Å². The van der Waals surface area contributed by atoms with Crippen molar-refractivity contribution in [2.24, 2.45) is 0 Å². The fraction of sp³-hybridized carbons (Fsp3) is 0.400. The van der Waals surface area contributed by atoms with Crippen molar-refractivity contribution in [1.82, 2.24) is 0 Å². The van der Waals surface area contributed by atoms with Crippen LogP contribution in [0.4, 0.5) is 0 Å². The van der Waals surface area contributed by atoms with Gasteiger partial charge in [-0.3, -0.25) is 0 Å². The van der Waals surface area contributed by atoms with Crippen molar-refractivity contribution < 1.29 is 5.11 Å². The predicted molar refractivity (Wildman–Crippen MR) is 44.6 cm³/mol. The molecule has 2 aliphatic rings. The van der Waals surface area contributed by atoms with Crippen LogP contribution < -0.4 is 0 Å². The van der Waals surface area contributed by atoms with E-state index in [2.05, 4.69) is 13.8 Å². The summed E-state index contributed by atoms with van der Waals surface area (Å²) in [5, 5.41) is 9.47. The molecule has 0 aliphatic heterocycles. The molecule has 3 rings (SSSR count). The molecule has 2 bridgehead atoms. The minimum absolute atomic E-state index is 0.280. The van der Waals surface area contributed by atoms with Gasteiger partial charge in [0, 0.05) is 0 Å². The second kappa shape index (κ2) is 2.08. The van der Waals surface area contributed by atoms with E-state index in [1.54, 1.807) is 0 Å². The second-order valence-electron chi connectivity index (χ2n) is 3.41. The Hall–Kier alpha value is -0.820. The third-order valence-corrected chi connectivity index (χ3v) is 2.34. The smallest absolute Gasteiger partial charge is 0.105 e. The van der Waals surface area contributed by atoms with E-state index in [-0.39, 0.29) is 6.10 Å². The van der Waals surface area contributed by atoms with Gasteiger partial charge in [-0.15, -0.1) is 0 Å². The van der Waals surface area contributed by atoms with Crippen molar-refractivity contribution in [3.63, 3.8) is 0 Å². The Morgan fingerprint density at radius 3 is 2.09 bits per heavy atom. The third-order valence-electron chi connectivity index (χ3n) is 2.34. The molecule has 0 spiro atoms. The van der Waals surface area contributed by atoms with Gasteiger partial charge in [0.15, 0.2) is 0 Å². The molecule has 1 N–H and O–H groups in total. The molecule has 0 saturated heterocycles. The zero-order chi connectivity index (χ0) is 8.01. The standard InChI is InChI=1S/C10H12O/c1-6(2)9-7-4-3-5-8(9)10(7)11/h3-6,10-11H,1-2H3. The van der Waals surface area contributed by atoms with Crippen molar-refractivity contribution in [3.8, 4) is 0 Å². The SMILES string of the molecule is CC(C)c1c2cccc1C2O. The zero-order valence-corrected chi connectivity index (χ0v) is 6.83. The van der Waals surface area contributed by atoms with Crippen LogP contribution in [0.25, 0.3) is 0 Å². The van der Waals surface area contributed by atoms with Crippen LogP contribution in [0.2, 0.25) is 0 Å². The molecule has 0 unspecified atom stereocenters. The number of hydrogen-bond donors (Lipinski definition) is 1. The summed E-state index contributed by atoms with van der Waals surface area (Å²) in [4.78, 5) is 0. The highest BCUT2D eigenvalue weighted by Gasteiger charge is 2.29. The summed E-state index contributed by atoms with van der Waals surface area (Å²) in [6, 6.07) is 6.02. The van der Waals surface area contributed by atoms with Gasteiger partial charge in [-0.05, 0) is 22.6 Å². The van der Waals surface area contributed by atoms with E-state index in [1.807, 2.05) is 18.2 Å². The van der Waals surface area contributed by atoms with E-state index in [4.69, 9.17) is 0 Å². The monoisotopic (exact) mass is 148 g/mol. The van der Waals surface area contributed by atoms with E-state index in [0.717, 1.165) is 11.1 Å². The third kappa shape index (κ3) is 0.746. The number of aliphatic hydroxyl groups is 1. The molecule has 0 saturated carbocycles. The maximum atomic E-state index is 9.47. The van der Waals surface area contributed by atoms with Gasteiger partial charge in [0.25, 0.3) is 0 Å². The number of benzene rings is 1. The molecule has 1 nitrogen and oxygen atoms in total. The van der Waals surface area contributed by atoms with Crippen molar-refractivity contribution >= 4 is 0 Å². The number of rotatable bonds is 1. The maximum absolute atomic E-state index is 9.47. The molecule has 0 heterocycles. The molecule has 1 heteroatoms. The first-order valence-corrected chi connectivity index (χ1v) is 4.02. The van der Waals surface area contributed by atoms with Crippen LogP contribution in [0, 0.1) is 0 Å². The number of fused-ring (bicyclic) bond motifs is 2. The lowest BCUT2D eigenvalue weighted by atomic mass is 9.77. The van der Waals surface area contributed by atoms with Gasteiger partial charge in [0.2, 0.25) is 0 Å². The Morgan fingerprint density at radius 1 is 1.27 bits per heavy atom. The molecule has 1 aromatic rings. The van der Waals surface area contributed by atoms with Gasteiger partial charge in [0.1, 0.15) is 6.10 Å². The molecular weight excluding hydrogens is 136 g/mol. The average Bonchev–Trinajstić information content (AvgIpc) is 2.02. The van der Waals surface area contributed by atoms with Gasteiger partial charge < -0.3 is 5.11 Å². The quantitative estimate of drug-likeness (QED) is 0.647. The van der Waals surface area contributed by atoms with Crippen LogP contribution in [0.1, 0.15) is 42.6 Å². The number of hydrogen-bond acceptors (Lipinski definition) is 1. The van der Waals surface area contributed by atoms with Crippen molar-refractivity contribution in [2.45, 2.75) is 25.9 Å². The normalized spacial score (nSPS) is 15.3. The zero-order valence-electron chi connectivity index (χ0n) is 6.83. The van der Waals surface area contributed by atoms with E-state index in [0.29, 0.717) is 5.92 Å². The molecule has 58 valence electrons. The molecule has 2 aliphatic carbocycles. The lowest BCUT2D eigenvalue weighted by molar-refractivity contribution is 0.200. The van der Waals surface area contributed by atoms with Gasteiger partial charge >= 0.3 is 0 Å². The summed E-state index contributed by atoms with van der Waals surface area (Å²) in [5.74, 6) is 0.546. The van der Waals surface area contributed by atoms with E-state index in [1.165, 1.54) is 5.56 Å². The fourth-order valence-corrected chi connectivity index (χ4v) is 1.83. The Morgan fingerprint density at radius 2 is 1.82 bits per heavy atom. The second-order valence-corrected chi connectivity index (χ2v) is 3.41. The minimum atomic E-state index is -0.280. The summed E-state index contributed by atoms with van der Waals surface area (Å²) in [5.41, 5.74) is 3.59. The van der Waals surface area contributed by atoms with E-state index < -0.39 is 0 Å². The highest BCUT2D eigenvalue weighted by atomic mass is 16.3. The highest BCUT2D eigenvalue weighted by molar-refractivity contribution is 5.52. The number of aliphatic hydroxyl groups excluding tert-OH is 1. The topological polar surface area (TPSA) is 20.2 Å². The minimum Gasteiger partial charge on any atom is -0.384 e. The van der Waals surface area contributed by atoms with Crippen LogP contribution >= 0.6 is 0 Å². The first-order chi connectivity index (χ1) is 5.22. The van der Waals surface area contributed by atoms with Gasteiger partial charge in [-0.25, -0.2) is 0 Å². The Balaban J connectivity index is 2.51. The fourth-order valence-electron chi connectivity index (χ4n) is 1.83. The summed E-state index contributed by atoms with van der Waals surface area (Å²) in [7, 11) is 0. The molecule has 0 fully saturated rings. The van der Waals surface area contributed by atoms with E-state index in [9.17, 15) is 5.11 Å². The summed E-state index contributed by atoms with van der Waals surface area (Å²) >= 11 is 0.